The number of anilines is 4. The van der Waals surface area contributed by atoms with Crippen molar-refractivity contribution in [1.82, 2.24) is 80.3 Å². The molecule has 640 valence electrons. The zero-order valence-electron chi connectivity index (χ0n) is 69.1. The molecule has 5 saturated heterocycles. The van der Waals surface area contributed by atoms with Crippen LogP contribution in [0.1, 0.15) is 115 Å². The Hall–Kier alpha value is -15.2. The topological polar surface area (TPSA) is 467 Å². The maximum absolute atomic E-state index is 14.7. The van der Waals surface area contributed by atoms with E-state index < -0.39 is 71.5 Å². The van der Waals surface area contributed by atoms with Gasteiger partial charge in [0.2, 0.25) is 0 Å². The highest BCUT2D eigenvalue weighted by Crippen LogP contribution is 2.40. The smallest absolute Gasteiger partial charge is 0.255 e. The van der Waals surface area contributed by atoms with Gasteiger partial charge in [-0.1, -0.05) is 24.3 Å². The molecule has 9 N–H and O–H groups in total. The number of hydrogen-bond acceptors (Lipinski definition) is 27. The monoisotopic (exact) mass is 1720 g/mol. The van der Waals surface area contributed by atoms with E-state index in [1.165, 1.54) is 92.9 Å². The number of fused-ring (bicyclic) bond motifs is 4. The normalized spacial score (nSPS) is 20.2. The van der Waals surface area contributed by atoms with Crippen LogP contribution in [-0.2, 0) is 35.6 Å². The molecular formula is C88H74F4N24O11. The quantitative estimate of drug-likeness (QED) is 0.0620. The van der Waals surface area contributed by atoms with E-state index in [4.69, 9.17) is 17.3 Å². The van der Waals surface area contributed by atoms with Crippen molar-refractivity contribution in [2.45, 2.75) is 88.1 Å². The Balaban J connectivity index is 0.000000116. The summed E-state index contributed by atoms with van der Waals surface area (Å²) < 4.78 is 92.7. The summed E-state index contributed by atoms with van der Waals surface area (Å²) in [6, 6.07) is 37.9. The fourth-order valence-corrected chi connectivity index (χ4v) is 16.8. The van der Waals surface area contributed by atoms with Gasteiger partial charge in [-0.3, -0.25) is 19.2 Å². The van der Waals surface area contributed by atoms with E-state index in [-0.39, 0.29) is 141 Å². The number of aliphatic hydroxyl groups is 5. The van der Waals surface area contributed by atoms with Crippen LogP contribution >= 0.6 is 0 Å². The van der Waals surface area contributed by atoms with Gasteiger partial charge in [-0.2, -0.15) is 41.4 Å². The number of nitrogens with zero attached hydrogens (tertiary/aromatic N) is 20. The van der Waals surface area contributed by atoms with Gasteiger partial charge < -0.3 is 75.9 Å². The van der Waals surface area contributed by atoms with Crippen molar-refractivity contribution in [2.24, 2.45) is 0 Å². The molecule has 12 aromatic rings. The minimum atomic E-state index is -2.27. The first-order chi connectivity index (χ1) is 62.1. The summed E-state index contributed by atoms with van der Waals surface area (Å²) in [7, 11) is 0. The van der Waals surface area contributed by atoms with Gasteiger partial charge in [0.15, 0.2) is 29.1 Å². The number of aliphatic hydroxyl groups excluding tert-OH is 4. The van der Waals surface area contributed by atoms with Crippen molar-refractivity contribution < 1.29 is 74.5 Å². The highest BCUT2D eigenvalue weighted by molar-refractivity contribution is 6.04. The summed E-state index contributed by atoms with van der Waals surface area (Å²) in [5.41, 5.74) is 3.83. The number of carbonyl (C=O) groups is 4. The Morgan fingerprint density at radius 3 is 1.13 bits per heavy atom. The van der Waals surface area contributed by atoms with Gasteiger partial charge in [0.05, 0.1) is 239 Å². The molecule has 17 heterocycles. The van der Waals surface area contributed by atoms with Crippen molar-refractivity contribution in [2.75, 3.05) is 85.2 Å². The second-order valence-corrected chi connectivity index (χ2v) is 31.3. The molecule has 127 heavy (non-hydrogen) atoms. The van der Waals surface area contributed by atoms with Gasteiger partial charge >= 0.3 is 0 Å². The van der Waals surface area contributed by atoms with Crippen molar-refractivity contribution in [3.05, 3.63) is 237 Å². The predicted octanol–water partition coefficient (Wildman–Crippen LogP) is 6.14. The summed E-state index contributed by atoms with van der Waals surface area (Å²) >= 11 is 0. The molecule has 4 aromatic carbocycles. The number of ether oxygens (including phenoxy) is 2. The van der Waals surface area contributed by atoms with E-state index in [0.717, 1.165) is 18.8 Å². The van der Waals surface area contributed by atoms with E-state index in [1.54, 1.807) is 77.7 Å². The molecule has 9 aliphatic heterocycles. The number of aromatic nitrogens is 12. The van der Waals surface area contributed by atoms with Gasteiger partial charge in [0, 0.05) is 94.7 Å². The summed E-state index contributed by atoms with van der Waals surface area (Å²) in [5, 5.41) is 116. The molecule has 8 aromatic heterocycles. The van der Waals surface area contributed by atoms with Crippen LogP contribution in [0.5, 0.6) is 0 Å². The molecule has 5 fully saturated rings. The number of carbonyl (C=O) groups excluding carboxylic acids is 4. The molecule has 35 nitrogen and oxygen atoms in total. The number of amides is 4. The number of β-amino-alcohol motifs (C(OH)–C–C–N with tert-alkyl or cyclic N) is 4. The number of nitrogens with one attached hydrogen (secondary N) is 4. The molecule has 1 spiro atoms. The second-order valence-electron chi connectivity index (χ2n) is 31.3. The Morgan fingerprint density at radius 2 is 0.772 bits per heavy atom. The minimum Gasteiger partial charge on any atom is -0.391 e. The number of piperidine rings is 1. The van der Waals surface area contributed by atoms with Crippen LogP contribution in [-0.4, -0.2) is 210 Å². The van der Waals surface area contributed by atoms with Crippen LogP contribution in [0.2, 0.25) is 0 Å². The number of hydrogen-bond donors (Lipinski definition) is 9. The maximum Gasteiger partial charge on any atom is 0.255 e. The minimum absolute atomic E-state index is 0.00953. The largest absolute Gasteiger partial charge is 0.391 e. The highest BCUT2D eigenvalue weighted by atomic mass is 19.1. The SMILES string of the molecule is CC1(O)CN(c2ccn(-c3cc(-c4c(F)cccc4C#N)nc4c3C(=O)NC4)n2)CC[C@H]1O.N#Cc1cccc(F)c1-c1cc(-n2ccc(N3CCC4(C3)OCCO4)n2)c2c(n1)CNC2=O.N#Cc1cccc(F)c1-c1cc(-n2ccc(N3C[C@@H](O)[C@@H](O)C3)n2)c2c(n1)CNC2=O.[2H]C1([2H])NC(=O)c2c(-n3ccc(N4CC[C@@H](O)C4)n3)cc(-c3c(F)cccc3C#N)nc21. The van der Waals surface area contributed by atoms with Gasteiger partial charge in [-0.15, -0.1) is 0 Å². The molecule has 0 bridgehead atoms. The Morgan fingerprint density at radius 1 is 0.433 bits per heavy atom. The Labute approximate surface area is 721 Å². The summed E-state index contributed by atoms with van der Waals surface area (Å²) in [4.78, 5) is 75.4. The lowest BCUT2D eigenvalue weighted by atomic mass is 9.92. The number of rotatable bonds is 12. The maximum atomic E-state index is 14.7. The van der Waals surface area contributed by atoms with Crippen LogP contribution in [0.15, 0.2) is 146 Å². The van der Waals surface area contributed by atoms with E-state index in [2.05, 4.69) is 61.4 Å². The molecule has 0 aliphatic carbocycles. The molecule has 5 atom stereocenters. The van der Waals surface area contributed by atoms with Crippen LogP contribution < -0.4 is 40.9 Å². The first kappa shape index (κ1) is 80.2. The fraction of sp³-hybridized carbons (Fsp3) is 0.273. The zero-order valence-corrected chi connectivity index (χ0v) is 67.1. The Kier molecular flexibility index (Phi) is 21.1. The van der Waals surface area contributed by atoms with E-state index in [9.17, 15) is 83.3 Å². The molecule has 0 radical (unpaired) electrons. The van der Waals surface area contributed by atoms with Crippen LogP contribution in [0.25, 0.3) is 67.8 Å². The first-order valence-corrected chi connectivity index (χ1v) is 40.2. The molecule has 0 saturated carbocycles. The zero-order chi connectivity index (χ0) is 90.2. The first-order valence-electron chi connectivity index (χ1n) is 41.2. The molecule has 1 unspecified atom stereocenters. The molecular weight excluding hydrogens is 1650 g/mol. The predicted molar refractivity (Wildman–Crippen MR) is 443 cm³/mol. The fourth-order valence-electron chi connectivity index (χ4n) is 16.8. The van der Waals surface area contributed by atoms with E-state index in [1.807, 2.05) is 40.1 Å². The number of pyridine rings is 4. The third kappa shape index (κ3) is 15.6. The summed E-state index contributed by atoms with van der Waals surface area (Å²) in [5.74, 6) is -2.16. The summed E-state index contributed by atoms with van der Waals surface area (Å²) in [6.45, 7) is 4.62. The van der Waals surface area contributed by atoms with E-state index >= 15 is 0 Å². The van der Waals surface area contributed by atoms with Gasteiger partial charge in [0.25, 0.3) is 23.6 Å². The third-order valence-electron chi connectivity index (χ3n) is 23.1. The average molecular weight is 1720 g/mol. The lowest BCUT2D eigenvalue weighted by molar-refractivity contribution is -0.137. The number of benzene rings is 4. The molecule has 39 heteroatoms. The average Bonchev–Trinajstić information content (AvgIpc) is 1.59. The van der Waals surface area contributed by atoms with Crippen molar-refractivity contribution in [1.29, 1.82) is 21.0 Å². The Bertz CT molecular complexity index is 6780. The number of nitriles is 4. The highest BCUT2D eigenvalue weighted by Gasteiger charge is 2.45. The summed E-state index contributed by atoms with van der Waals surface area (Å²) in [6.07, 6.45) is 5.45. The standard InChI is InChI=1S/C23H19FN6O3.C23H21FN6O3.C21H17FN6O3.C21H17FN6O2/c24-15-3-1-2-14(11-25)20(15)16-10-18(21-17(27-16)12-26-22(21)31)30-6-4-19(28-30)29-7-5-23(13-29)32-8-9-33-23;1-23(33)12-29(7-5-18(23)31)19-6-8-30(28-19)17-9-15(27-16-11-26-22(32)21(16)17)20-13(10-25)3-2-4-14(20)24;22-12-3-1-2-11(7-23)19(12)13-6-15(20-14(25-13)8-24-21(20)31)28-5-4-18(26-28)27-9-16(29)17(30)10-27;22-14-3-1-2-12(9-23)19(14)15-8-17(20-16(25-15)10-24-21(20)30)28-7-5-18(26-28)27-6-4-13(29)11-27/h1-4,6,10H,5,7-9,12-13H2,(H,26,31);2-4,6,8-9,18,31,33H,5,7,11-12H2,1H3,(H,26,32);1-6,16-17,29-30H,8-10H2,(H,24,31);1-3,5,7-8,13,29H,4,6,10-11H2,(H,24,30)/t;18-,23?;16-,17+;13-/m.1.1/s1/i;;;10D2. The lowest BCUT2D eigenvalue weighted by Crippen LogP contribution is -2.55. The third-order valence-corrected chi connectivity index (χ3v) is 23.1. The lowest BCUT2D eigenvalue weighted by Gasteiger charge is -2.40. The van der Waals surface area contributed by atoms with Gasteiger partial charge in [-0.05, 0) is 92.6 Å². The van der Waals surface area contributed by atoms with Crippen molar-refractivity contribution in [3.63, 3.8) is 0 Å². The van der Waals surface area contributed by atoms with Crippen LogP contribution in [0, 0.1) is 68.6 Å². The number of halogens is 4. The molecule has 9 aliphatic rings. The van der Waals surface area contributed by atoms with Crippen molar-refractivity contribution in [3.8, 4) is 92.1 Å². The van der Waals surface area contributed by atoms with Crippen LogP contribution in [0.3, 0.4) is 0 Å². The van der Waals surface area contributed by atoms with Crippen LogP contribution in [0.4, 0.5) is 40.8 Å². The van der Waals surface area contributed by atoms with E-state index in [0.29, 0.717) is 121 Å². The van der Waals surface area contributed by atoms with Crippen molar-refractivity contribution >= 4 is 46.9 Å². The molecule has 21 rings (SSSR count). The molecule has 4 amide bonds. The van der Waals surface area contributed by atoms with Gasteiger partial charge in [0.1, 0.15) is 28.9 Å². The second kappa shape index (κ2) is 33.5. The van der Waals surface area contributed by atoms with Gasteiger partial charge in [-0.25, -0.2) is 56.2 Å².